The Morgan fingerprint density at radius 2 is 1.88 bits per heavy atom. The van der Waals surface area contributed by atoms with Gasteiger partial charge in [0.1, 0.15) is 5.75 Å². The van der Waals surface area contributed by atoms with E-state index in [0.29, 0.717) is 13.2 Å². The van der Waals surface area contributed by atoms with E-state index >= 15 is 0 Å². The predicted molar refractivity (Wildman–Crippen MR) is 54.5 cm³/mol. The number of hydrogen-bond acceptors (Lipinski definition) is 3. The lowest BCUT2D eigenvalue weighted by atomic mass is 10.2. The summed E-state index contributed by atoms with van der Waals surface area (Å²) >= 11 is 0. The Kier molecular flexibility index (Phi) is 3.42. The van der Waals surface area contributed by atoms with E-state index in [4.69, 9.17) is 0 Å². The molecule has 0 aliphatic rings. The van der Waals surface area contributed by atoms with Crippen LogP contribution in [0, 0.1) is 0 Å². The molecule has 0 N–H and O–H groups in total. The van der Waals surface area contributed by atoms with Crippen LogP contribution in [0.25, 0.3) is 0 Å². The summed E-state index contributed by atoms with van der Waals surface area (Å²) in [6.45, 7) is 0.522. The summed E-state index contributed by atoms with van der Waals surface area (Å²) < 4.78 is 48.5. The Bertz CT molecular complexity index is 489. The van der Waals surface area contributed by atoms with E-state index in [2.05, 4.69) is 0 Å². The molecule has 3 nitrogen and oxygen atoms in total. The van der Waals surface area contributed by atoms with Gasteiger partial charge in [0.2, 0.25) is 0 Å². The molecule has 88 valence electrons. The Hall–Kier alpha value is -1.30. The van der Waals surface area contributed by atoms with Crippen LogP contribution >= 0.6 is 0 Å². The van der Waals surface area contributed by atoms with Gasteiger partial charge in [-0.05, 0) is 6.07 Å². The lowest BCUT2D eigenvalue weighted by Gasteiger charge is -2.11. The summed E-state index contributed by atoms with van der Waals surface area (Å²) in [5.74, 6) is -4.63. The number of benzene rings is 1. The lowest BCUT2D eigenvalue weighted by molar-refractivity contribution is 0.0473. The molecule has 0 saturated carbocycles. The lowest BCUT2D eigenvalue weighted by Crippen LogP contribution is -2.24. The molecule has 1 aromatic carbocycles. The van der Waals surface area contributed by atoms with Crippen molar-refractivity contribution in [2.45, 2.75) is 17.7 Å². The third kappa shape index (κ3) is 3.10. The fraction of sp³-hybridized carbons (Fsp3) is 0.300. The average Bonchev–Trinajstić information content (AvgIpc) is 2.14. The second-order valence-corrected chi connectivity index (χ2v) is 5.44. The SMILES string of the molecule is CC(F)(F)CS(=O)(=O)c1ccccc1C=O. The van der Waals surface area contributed by atoms with Gasteiger partial charge in [0.05, 0.1) is 4.90 Å². The highest BCUT2D eigenvalue weighted by Gasteiger charge is 2.32. The van der Waals surface area contributed by atoms with Crippen molar-refractivity contribution in [1.29, 1.82) is 0 Å². The smallest absolute Gasteiger partial charge is 0.259 e. The number of aldehydes is 1. The molecule has 0 radical (unpaired) electrons. The average molecular weight is 248 g/mol. The van der Waals surface area contributed by atoms with Gasteiger partial charge in [0.25, 0.3) is 5.92 Å². The number of alkyl halides is 2. The van der Waals surface area contributed by atoms with Crippen molar-refractivity contribution in [1.82, 2.24) is 0 Å². The molecule has 0 saturated heterocycles. The highest BCUT2D eigenvalue weighted by Crippen LogP contribution is 2.22. The van der Waals surface area contributed by atoms with Gasteiger partial charge in [0, 0.05) is 12.5 Å². The van der Waals surface area contributed by atoms with Gasteiger partial charge < -0.3 is 0 Å². The molecular formula is C10H10F2O3S. The third-order valence-corrected chi connectivity index (χ3v) is 3.75. The minimum absolute atomic E-state index is 0.105. The zero-order valence-electron chi connectivity index (χ0n) is 8.48. The van der Waals surface area contributed by atoms with Crippen LogP contribution in [0.5, 0.6) is 0 Å². The standard InChI is InChI=1S/C10H10F2O3S/c1-10(11,12)7-16(14,15)9-5-3-2-4-8(9)6-13/h2-6H,7H2,1H3. The first-order valence-corrected chi connectivity index (χ1v) is 6.06. The Balaban J connectivity index is 3.23. The van der Waals surface area contributed by atoms with Crippen LogP contribution in [0.4, 0.5) is 8.78 Å². The maximum atomic E-state index is 12.7. The van der Waals surface area contributed by atoms with Gasteiger partial charge in [-0.3, -0.25) is 4.79 Å². The molecule has 0 aromatic heterocycles. The molecule has 0 aliphatic carbocycles. The molecule has 0 heterocycles. The van der Waals surface area contributed by atoms with Crippen LogP contribution in [0.3, 0.4) is 0 Å². The molecule has 1 rings (SSSR count). The molecule has 0 unspecified atom stereocenters. The van der Waals surface area contributed by atoms with E-state index in [1.807, 2.05) is 0 Å². The van der Waals surface area contributed by atoms with Crippen LogP contribution in [-0.2, 0) is 9.84 Å². The molecule has 0 fully saturated rings. The molecule has 0 bridgehead atoms. The van der Waals surface area contributed by atoms with Gasteiger partial charge in [-0.1, -0.05) is 18.2 Å². The summed E-state index contributed by atoms with van der Waals surface area (Å²) in [4.78, 5) is 10.2. The number of rotatable bonds is 4. The van der Waals surface area contributed by atoms with E-state index in [-0.39, 0.29) is 10.5 Å². The van der Waals surface area contributed by atoms with Crippen molar-refractivity contribution in [3.8, 4) is 0 Å². The zero-order valence-corrected chi connectivity index (χ0v) is 9.30. The molecular weight excluding hydrogens is 238 g/mol. The van der Waals surface area contributed by atoms with Crippen molar-refractivity contribution in [2.75, 3.05) is 5.75 Å². The fourth-order valence-electron chi connectivity index (χ4n) is 1.27. The second-order valence-electron chi connectivity index (χ2n) is 3.48. The van der Waals surface area contributed by atoms with Crippen LogP contribution in [0.15, 0.2) is 29.2 Å². The summed E-state index contributed by atoms with van der Waals surface area (Å²) in [6, 6.07) is 5.26. The van der Waals surface area contributed by atoms with E-state index in [1.54, 1.807) is 0 Å². The first kappa shape index (κ1) is 12.8. The van der Waals surface area contributed by atoms with Gasteiger partial charge >= 0.3 is 0 Å². The van der Waals surface area contributed by atoms with Crippen molar-refractivity contribution < 1.29 is 22.0 Å². The third-order valence-electron chi connectivity index (χ3n) is 1.82. The fourth-order valence-corrected chi connectivity index (χ4v) is 2.86. The topological polar surface area (TPSA) is 51.2 Å². The first-order chi connectivity index (χ1) is 7.26. The van der Waals surface area contributed by atoms with Crippen molar-refractivity contribution in [3.05, 3.63) is 29.8 Å². The van der Waals surface area contributed by atoms with E-state index in [1.165, 1.54) is 18.2 Å². The Morgan fingerprint density at radius 1 is 1.31 bits per heavy atom. The highest BCUT2D eigenvalue weighted by molar-refractivity contribution is 7.91. The van der Waals surface area contributed by atoms with E-state index in [0.717, 1.165) is 6.07 Å². The van der Waals surface area contributed by atoms with Gasteiger partial charge in [-0.2, -0.15) is 0 Å². The summed E-state index contributed by atoms with van der Waals surface area (Å²) in [6.07, 6.45) is 0.334. The minimum atomic E-state index is -4.14. The number of sulfone groups is 1. The van der Waals surface area contributed by atoms with Crippen LogP contribution in [-0.4, -0.2) is 26.4 Å². The number of hydrogen-bond donors (Lipinski definition) is 0. The quantitative estimate of drug-likeness (QED) is 0.765. The maximum Gasteiger partial charge on any atom is 0.259 e. The predicted octanol–water partition coefficient (Wildman–Crippen LogP) is 1.93. The number of halogens is 2. The second kappa shape index (κ2) is 4.29. The van der Waals surface area contributed by atoms with E-state index in [9.17, 15) is 22.0 Å². The molecule has 0 amide bonds. The van der Waals surface area contributed by atoms with Gasteiger partial charge in [-0.25, -0.2) is 17.2 Å². The number of carbonyl (C=O) groups excluding carboxylic acids is 1. The summed E-state index contributed by atoms with van der Waals surface area (Å²) in [5, 5.41) is 0. The Labute approximate surface area is 92.0 Å². The van der Waals surface area contributed by atoms with Crippen molar-refractivity contribution in [3.63, 3.8) is 0 Å². The normalized spacial score (nSPS) is 12.4. The highest BCUT2D eigenvalue weighted by atomic mass is 32.2. The first-order valence-electron chi connectivity index (χ1n) is 4.41. The van der Waals surface area contributed by atoms with Crippen LogP contribution in [0.2, 0.25) is 0 Å². The molecule has 0 aliphatic heterocycles. The summed E-state index contributed by atoms with van der Waals surface area (Å²) in [7, 11) is -4.14. The molecule has 6 heteroatoms. The van der Waals surface area contributed by atoms with Crippen molar-refractivity contribution in [2.24, 2.45) is 0 Å². The largest absolute Gasteiger partial charge is 0.298 e. The molecule has 0 spiro atoms. The summed E-state index contributed by atoms with van der Waals surface area (Å²) in [5.41, 5.74) is -0.105. The Morgan fingerprint density at radius 3 is 2.38 bits per heavy atom. The molecule has 0 atom stereocenters. The molecule has 16 heavy (non-hydrogen) atoms. The van der Waals surface area contributed by atoms with Crippen LogP contribution in [0.1, 0.15) is 17.3 Å². The number of carbonyl (C=O) groups is 1. The zero-order chi connectivity index (χ0) is 12.4. The van der Waals surface area contributed by atoms with Gasteiger partial charge in [0.15, 0.2) is 16.1 Å². The monoisotopic (exact) mass is 248 g/mol. The van der Waals surface area contributed by atoms with Crippen molar-refractivity contribution >= 4 is 16.1 Å². The van der Waals surface area contributed by atoms with Crippen LogP contribution < -0.4 is 0 Å². The van der Waals surface area contributed by atoms with E-state index < -0.39 is 21.5 Å². The molecule has 1 aromatic rings. The minimum Gasteiger partial charge on any atom is -0.298 e. The van der Waals surface area contributed by atoms with Gasteiger partial charge in [-0.15, -0.1) is 0 Å². The maximum absolute atomic E-state index is 12.7.